The molecule has 3 aromatic rings. The molecule has 4 rings (SSSR count). The lowest BCUT2D eigenvalue weighted by Gasteiger charge is -2.38. The molecule has 1 aromatic carbocycles. The van der Waals surface area contributed by atoms with E-state index in [1.54, 1.807) is 23.6 Å². The van der Waals surface area contributed by atoms with Crippen LogP contribution in [-0.4, -0.2) is 61.2 Å². The van der Waals surface area contributed by atoms with Crippen LogP contribution >= 0.6 is 0 Å². The average molecular weight is 478 g/mol. The van der Waals surface area contributed by atoms with Gasteiger partial charge in [0.05, 0.1) is 19.1 Å². The quantitative estimate of drug-likeness (QED) is 0.366. The number of imidazole rings is 2. The molecule has 2 aromatic heterocycles. The summed E-state index contributed by atoms with van der Waals surface area (Å²) in [5.41, 5.74) is 3.65. The van der Waals surface area contributed by atoms with Gasteiger partial charge < -0.3 is 25.5 Å². The highest BCUT2D eigenvalue weighted by atomic mass is 16.2. The Labute approximate surface area is 203 Å². The zero-order valence-electron chi connectivity index (χ0n) is 20.0. The van der Waals surface area contributed by atoms with Crippen LogP contribution in [0.1, 0.15) is 36.4 Å². The van der Waals surface area contributed by atoms with E-state index < -0.39 is 12.1 Å². The number of hydrogen-bond acceptors (Lipinski definition) is 5. The van der Waals surface area contributed by atoms with Crippen LogP contribution in [0.5, 0.6) is 0 Å². The van der Waals surface area contributed by atoms with Crippen LogP contribution in [-0.2, 0) is 40.2 Å². The average Bonchev–Trinajstić information content (AvgIpc) is 3.55. The molecule has 1 aliphatic rings. The number of fused-ring (bicyclic) bond motifs is 1. The smallest absolute Gasteiger partial charge is 0.246 e. The third kappa shape index (κ3) is 5.95. The number of benzene rings is 1. The van der Waals surface area contributed by atoms with Crippen molar-refractivity contribution in [3.8, 4) is 0 Å². The molecule has 3 amide bonds. The van der Waals surface area contributed by atoms with Crippen molar-refractivity contribution in [2.75, 3.05) is 6.54 Å². The number of carbonyl (C=O) groups is 3. The minimum atomic E-state index is -0.754. The SMILES string of the molecule is CC(C)[C@H](NC(=O)Cc1cnc[nH]1)C(=O)N1Cc2ccccc2C[C@H]1C(=O)NCCc1cnc[nH]1. The highest BCUT2D eigenvalue weighted by Gasteiger charge is 2.38. The Morgan fingerprint density at radius 1 is 1.06 bits per heavy atom. The summed E-state index contributed by atoms with van der Waals surface area (Å²) in [5.74, 6) is -0.909. The van der Waals surface area contributed by atoms with Crippen LogP contribution in [0, 0.1) is 5.92 Å². The van der Waals surface area contributed by atoms with Gasteiger partial charge in [0.25, 0.3) is 0 Å². The second kappa shape index (κ2) is 11.0. The number of rotatable bonds is 9. The summed E-state index contributed by atoms with van der Waals surface area (Å²) in [7, 11) is 0. The molecule has 3 heterocycles. The monoisotopic (exact) mass is 477 g/mol. The van der Waals surface area contributed by atoms with Gasteiger partial charge in [0.2, 0.25) is 17.7 Å². The Morgan fingerprint density at radius 3 is 2.40 bits per heavy atom. The minimum absolute atomic E-state index is 0.0941. The molecular formula is C25H31N7O3. The molecule has 4 N–H and O–H groups in total. The third-order valence-electron chi connectivity index (χ3n) is 6.24. The largest absolute Gasteiger partial charge is 0.354 e. The fraction of sp³-hybridized carbons (Fsp3) is 0.400. The Morgan fingerprint density at radius 2 is 1.74 bits per heavy atom. The van der Waals surface area contributed by atoms with E-state index in [0.717, 1.165) is 16.8 Å². The topological polar surface area (TPSA) is 136 Å². The molecule has 0 bridgehead atoms. The van der Waals surface area contributed by atoms with E-state index in [0.29, 0.717) is 31.6 Å². The second-order valence-electron chi connectivity index (χ2n) is 9.12. The predicted octanol–water partition coefficient (Wildman–Crippen LogP) is 1.13. The number of nitrogens with one attached hydrogen (secondary N) is 4. The van der Waals surface area contributed by atoms with E-state index in [4.69, 9.17) is 0 Å². The fourth-order valence-corrected chi connectivity index (χ4v) is 4.32. The molecule has 0 aliphatic carbocycles. The van der Waals surface area contributed by atoms with Crippen molar-refractivity contribution in [1.29, 1.82) is 0 Å². The summed E-state index contributed by atoms with van der Waals surface area (Å²) in [6.45, 7) is 4.51. The Bertz CT molecular complexity index is 1140. The molecule has 0 saturated carbocycles. The lowest BCUT2D eigenvalue weighted by molar-refractivity contribution is -0.145. The maximum atomic E-state index is 13.8. The van der Waals surface area contributed by atoms with Gasteiger partial charge in [-0.2, -0.15) is 0 Å². The molecule has 10 nitrogen and oxygen atoms in total. The molecule has 0 radical (unpaired) electrons. The number of aromatic nitrogens is 4. The number of H-pyrrole nitrogens is 2. The van der Waals surface area contributed by atoms with Crippen molar-refractivity contribution in [1.82, 2.24) is 35.5 Å². The molecule has 0 fully saturated rings. The lowest BCUT2D eigenvalue weighted by atomic mass is 9.91. The Balaban J connectivity index is 1.49. The van der Waals surface area contributed by atoms with E-state index in [1.165, 1.54) is 6.33 Å². The number of nitrogens with zero attached hydrogens (tertiary/aromatic N) is 3. The van der Waals surface area contributed by atoms with Crippen LogP contribution in [0.15, 0.2) is 49.3 Å². The zero-order valence-corrected chi connectivity index (χ0v) is 20.0. The van der Waals surface area contributed by atoms with Crippen molar-refractivity contribution < 1.29 is 14.4 Å². The van der Waals surface area contributed by atoms with Crippen LogP contribution < -0.4 is 10.6 Å². The van der Waals surface area contributed by atoms with Crippen molar-refractivity contribution in [3.05, 3.63) is 71.8 Å². The first-order valence-corrected chi connectivity index (χ1v) is 11.8. The molecule has 0 unspecified atom stereocenters. The minimum Gasteiger partial charge on any atom is -0.354 e. The van der Waals surface area contributed by atoms with Gasteiger partial charge in [0, 0.05) is 49.7 Å². The van der Waals surface area contributed by atoms with E-state index in [1.807, 2.05) is 38.1 Å². The van der Waals surface area contributed by atoms with Gasteiger partial charge in [0.15, 0.2) is 0 Å². The first kappa shape index (κ1) is 24.2. The Hall–Kier alpha value is -3.95. The van der Waals surface area contributed by atoms with Crippen molar-refractivity contribution in [2.45, 2.75) is 51.7 Å². The summed E-state index contributed by atoms with van der Waals surface area (Å²) in [4.78, 5) is 55.1. The fourth-order valence-electron chi connectivity index (χ4n) is 4.32. The van der Waals surface area contributed by atoms with Gasteiger partial charge >= 0.3 is 0 Å². The van der Waals surface area contributed by atoms with Gasteiger partial charge in [-0.3, -0.25) is 14.4 Å². The standard InChI is InChI=1S/C25H31N7O3/c1-16(2)23(31-22(33)10-20-12-27-15-30-20)25(35)32-13-18-6-4-3-5-17(18)9-21(32)24(34)28-8-7-19-11-26-14-29-19/h3-6,11-12,14-16,21,23H,7-10,13H2,1-2H3,(H,26,29)(H,27,30)(H,28,34)(H,31,33)/t21-,23-/m0/s1. The van der Waals surface area contributed by atoms with Crippen LogP contribution in [0.3, 0.4) is 0 Å². The van der Waals surface area contributed by atoms with E-state index in [2.05, 4.69) is 30.6 Å². The van der Waals surface area contributed by atoms with Crippen LogP contribution in [0.2, 0.25) is 0 Å². The van der Waals surface area contributed by atoms with E-state index in [-0.39, 0.29) is 30.1 Å². The molecule has 2 atom stereocenters. The van der Waals surface area contributed by atoms with E-state index >= 15 is 0 Å². The molecular weight excluding hydrogens is 446 g/mol. The molecule has 184 valence electrons. The van der Waals surface area contributed by atoms with E-state index in [9.17, 15) is 14.4 Å². The van der Waals surface area contributed by atoms with Gasteiger partial charge in [0.1, 0.15) is 12.1 Å². The second-order valence-corrected chi connectivity index (χ2v) is 9.12. The summed E-state index contributed by atoms with van der Waals surface area (Å²) in [5, 5.41) is 5.84. The van der Waals surface area contributed by atoms with Gasteiger partial charge in [-0.25, -0.2) is 9.97 Å². The van der Waals surface area contributed by atoms with Crippen molar-refractivity contribution in [2.24, 2.45) is 5.92 Å². The number of aromatic amines is 2. The van der Waals surface area contributed by atoms with Gasteiger partial charge in [-0.1, -0.05) is 38.1 Å². The number of hydrogen-bond donors (Lipinski definition) is 4. The van der Waals surface area contributed by atoms with Gasteiger partial charge in [-0.05, 0) is 17.0 Å². The highest BCUT2D eigenvalue weighted by Crippen LogP contribution is 2.25. The maximum Gasteiger partial charge on any atom is 0.246 e. The first-order chi connectivity index (χ1) is 16.9. The first-order valence-electron chi connectivity index (χ1n) is 11.8. The molecule has 0 spiro atoms. The molecule has 1 aliphatic heterocycles. The van der Waals surface area contributed by atoms with Crippen LogP contribution in [0.4, 0.5) is 0 Å². The molecule has 0 saturated heterocycles. The summed E-state index contributed by atoms with van der Waals surface area (Å²) in [6.07, 6.45) is 7.54. The molecule has 35 heavy (non-hydrogen) atoms. The normalized spacial score (nSPS) is 16.0. The Kier molecular flexibility index (Phi) is 7.59. The van der Waals surface area contributed by atoms with Crippen molar-refractivity contribution in [3.63, 3.8) is 0 Å². The van der Waals surface area contributed by atoms with Gasteiger partial charge in [-0.15, -0.1) is 0 Å². The molecule has 10 heteroatoms. The van der Waals surface area contributed by atoms with Crippen molar-refractivity contribution >= 4 is 17.7 Å². The summed E-state index contributed by atoms with van der Waals surface area (Å²) < 4.78 is 0. The summed E-state index contributed by atoms with van der Waals surface area (Å²) in [6, 6.07) is 6.42. The third-order valence-corrected chi connectivity index (χ3v) is 6.24. The lowest BCUT2D eigenvalue weighted by Crippen LogP contribution is -2.59. The maximum absolute atomic E-state index is 13.8. The highest BCUT2D eigenvalue weighted by molar-refractivity contribution is 5.93. The van der Waals surface area contributed by atoms with Crippen LogP contribution in [0.25, 0.3) is 0 Å². The predicted molar refractivity (Wildman–Crippen MR) is 129 cm³/mol. The summed E-state index contributed by atoms with van der Waals surface area (Å²) >= 11 is 0. The zero-order chi connectivity index (χ0) is 24.8. The number of carbonyl (C=O) groups excluding carboxylic acids is 3. The number of amides is 3.